The van der Waals surface area contributed by atoms with Gasteiger partial charge in [-0.2, -0.15) is 0 Å². The summed E-state index contributed by atoms with van der Waals surface area (Å²) >= 11 is 6.16. The number of aromatic hydroxyl groups is 1. The summed E-state index contributed by atoms with van der Waals surface area (Å²) in [6, 6.07) is 10.1. The molecular formula is C25H28ClNO6. The molecule has 2 aromatic carbocycles. The average Bonchev–Trinajstić information content (AvgIpc) is 3.03. The van der Waals surface area contributed by atoms with Crippen LogP contribution in [-0.4, -0.2) is 52.7 Å². The van der Waals surface area contributed by atoms with Gasteiger partial charge in [0.1, 0.15) is 17.3 Å². The molecule has 0 spiro atoms. The Morgan fingerprint density at radius 1 is 1.15 bits per heavy atom. The summed E-state index contributed by atoms with van der Waals surface area (Å²) in [5, 5.41) is 21.2. The van der Waals surface area contributed by atoms with Crippen LogP contribution in [-0.2, 0) is 14.3 Å². The zero-order valence-electron chi connectivity index (χ0n) is 18.9. The maximum atomic E-state index is 13.1. The van der Waals surface area contributed by atoms with Crippen molar-refractivity contribution in [3.63, 3.8) is 0 Å². The van der Waals surface area contributed by atoms with Gasteiger partial charge in [-0.05, 0) is 63.1 Å². The molecule has 33 heavy (non-hydrogen) atoms. The number of hydrogen-bond donors (Lipinski definition) is 2. The Kier molecular flexibility index (Phi) is 8.00. The molecule has 1 fully saturated rings. The van der Waals surface area contributed by atoms with E-state index in [2.05, 4.69) is 0 Å². The van der Waals surface area contributed by atoms with Crippen molar-refractivity contribution in [2.75, 3.05) is 19.8 Å². The van der Waals surface area contributed by atoms with E-state index in [9.17, 15) is 19.8 Å². The lowest BCUT2D eigenvalue weighted by molar-refractivity contribution is -0.140. The molecule has 7 nitrogen and oxygen atoms in total. The summed E-state index contributed by atoms with van der Waals surface area (Å²) in [5.74, 6) is -1.36. The third-order valence-corrected chi connectivity index (χ3v) is 5.56. The molecule has 8 heteroatoms. The minimum Gasteiger partial charge on any atom is -0.508 e. The van der Waals surface area contributed by atoms with Gasteiger partial charge in [-0.15, -0.1) is 0 Å². The van der Waals surface area contributed by atoms with Gasteiger partial charge in [0.25, 0.3) is 11.7 Å². The zero-order chi connectivity index (χ0) is 24.1. The van der Waals surface area contributed by atoms with Crippen LogP contribution in [0.4, 0.5) is 0 Å². The fraction of sp³-hybridized carbons (Fsp3) is 0.360. The molecular weight excluding hydrogens is 446 g/mol. The molecule has 0 bridgehead atoms. The van der Waals surface area contributed by atoms with Crippen LogP contribution in [0.5, 0.6) is 11.5 Å². The van der Waals surface area contributed by atoms with Crippen LogP contribution in [0.2, 0.25) is 5.02 Å². The smallest absolute Gasteiger partial charge is 0.295 e. The monoisotopic (exact) mass is 473 g/mol. The number of aliphatic hydroxyl groups excluding tert-OH is 1. The number of carbonyl (C=O) groups excluding carboxylic acids is 2. The normalized spacial score (nSPS) is 17.7. The minimum atomic E-state index is -0.809. The Morgan fingerprint density at radius 2 is 1.85 bits per heavy atom. The van der Waals surface area contributed by atoms with E-state index in [4.69, 9.17) is 21.1 Å². The maximum Gasteiger partial charge on any atom is 0.295 e. The second-order valence-electron chi connectivity index (χ2n) is 7.94. The number of amides is 1. The lowest BCUT2D eigenvalue weighted by atomic mass is 9.95. The van der Waals surface area contributed by atoms with Crippen molar-refractivity contribution in [2.24, 2.45) is 0 Å². The Hall–Kier alpha value is -3.03. The summed E-state index contributed by atoms with van der Waals surface area (Å²) in [4.78, 5) is 27.4. The molecule has 2 N–H and O–H groups in total. The van der Waals surface area contributed by atoms with Crippen LogP contribution < -0.4 is 4.74 Å². The van der Waals surface area contributed by atoms with Crippen LogP contribution in [0.1, 0.15) is 44.4 Å². The summed E-state index contributed by atoms with van der Waals surface area (Å²) in [6.45, 7) is 6.72. The average molecular weight is 474 g/mol. The number of ketones is 1. The molecule has 0 radical (unpaired) electrons. The van der Waals surface area contributed by atoms with Gasteiger partial charge >= 0.3 is 0 Å². The fourth-order valence-corrected chi connectivity index (χ4v) is 3.91. The van der Waals surface area contributed by atoms with Gasteiger partial charge in [0.2, 0.25) is 0 Å². The number of nitrogens with zero attached hydrogens (tertiary/aromatic N) is 1. The van der Waals surface area contributed by atoms with Crippen molar-refractivity contribution in [1.82, 2.24) is 4.90 Å². The number of rotatable bonds is 9. The predicted molar refractivity (Wildman–Crippen MR) is 125 cm³/mol. The predicted octanol–water partition coefficient (Wildman–Crippen LogP) is 4.68. The lowest BCUT2D eigenvalue weighted by Gasteiger charge is -2.25. The highest BCUT2D eigenvalue weighted by Crippen LogP contribution is 2.40. The highest BCUT2D eigenvalue weighted by Gasteiger charge is 2.45. The number of carbonyl (C=O) groups is 2. The van der Waals surface area contributed by atoms with Gasteiger partial charge in [0.15, 0.2) is 0 Å². The number of phenolic OH excluding ortho intramolecular Hbond substituents is 1. The van der Waals surface area contributed by atoms with Crippen LogP contribution >= 0.6 is 11.6 Å². The van der Waals surface area contributed by atoms with Gasteiger partial charge in [-0.25, -0.2) is 0 Å². The molecule has 3 rings (SSSR count). The van der Waals surface area contributed by atoms with Crippen molar-refractivity contribution in [3.05, 3.63) is 64.2 Å². The number of likely N-dealkylation sites (tertiary alicyclic amines) is 1. The summed E-state index contributed by atoms with van der Waals surface area (Å²) in [6.07, 6.45) is 0.577. The molecule has 1 aliphatic heterocycles. The van der Waals surface area contributed by atoms with E-state index in [1.54, 1.807) is 30.3 Å². The number of halogens is 1. The van der Waals surface area contributed by atoms with Gasteiger partial charge in [0, 0.05) is 18.7 Å². The number of benzene rings is 2. The molecule has 1 atom stereocenters. The van der Waals surface area contributed by atoms with Crippen LogP contribution in [0.3, 0.4) is 0 Å². The Labute approximate surface area is 198 Å². The van der Waals surface area contributed by atoms with E-state index in [1.807, 2.05) is 20.8 Å². The summed E-state index contributed by atoms with van der Waals surface area (Å²) in [7, 11) is 0. The Morgan fingerprint density at radius 3 is 2.48 bits per heavy atom. The molecule has 0 aromatic heterocycles. The Balaban J connectivity index is 2.05. The van der Waals surface area contributed by atoms with E-state index < -0.39 is 17.7 Å². The molecule has 1 heterocycles. The first-order chi connectivity index (χ1) is 15.7. The van der Waals surface area contributed by atoms with E-state index in [0.717, 1.165) is 0 Å². The minimum absolute atomic E-state index is 0.0276. The van der Waals surface area contributed by atoms with E-state index >= 15 is 0 Å². The zero-order valence-corrected chi connectivity index (χ0v) is 19.6. The number of ether oxygens (including phenoxy) is 2. The van der Waals surface area contributed by atoms with Gasteiger partial charge in [-0.1, -0.05) is 23.7 Å². The molecule has 0 saturated carbocycles. The molecule has 1 unspecified atom stereocenters. The fourth-order valence-electron chi connectivity index (χ4n) is 3.74. The first-order valence-electron chi connectivity index (χ1n) is 10.9. The second-order valence-corrected chi connectivity index (χ2v) is 8.34. The number of aliphatic hydroxyl groups is 1. The largest absolute Gasteiger partial charge is 0.508 e. The molecule has 0 aliphatic carbocycles. The van der Waals surface area contributed by atoms with Crippen molar-refractivity contribution >= 4 is 29.1 Å². The molecule has 1 saturated heterocycles. The van der Waals surface area contributed by atoms with E-state index in [1.165, 1.54) is 17.0 Å². The highest BCUT2D eigenvalue weighted by molar-refractivity contribution is 6.46. The lowest BCUT2D eigenvalue weighted by Crippen LogP contribution is -2.31. The maximum absolute atomic E-state index is 13.1. The molecule has 2 aromatic rings. The number of hydrogen-bond acceptors (Lipinski definition) is 6. The van der Waals surface area contributed by atoms with Crippen molar-refractivity contribution in [3.8, 4) is 11.5 Å². The molecule has 1 amide bonds. The van der Waals surface area contributed by atoms with Crippen LogP contribution in [0.25, 0.3) is 5.76 Å². The first kappa shape index (κ1) is 24.6. The standard InChI is InChI=1S/C25H28ClNO6/c1-4-32-20-14-17(8-11-19(20)26)23(29)21-22(16-6-9-18(28)10-7-16)27(25(31)24(21)30)12-5-13-33-15(2)3/h6-11,14-15,22,28-29H,4-5,12-13H2,1-3H3/b23-21-. The van der Waals surface area contributed by atoms with Crippen LogP contribution in [0, 0.1) is 0 Å². The Bertz CT molecular complexity index is 1050. The van der Waals surface area contributed by atoms with E-state index in [-0.39, 0.29) is 29.7 Å². The third kappa shape index (κ3) is 5.49. The van der Waals surface area contributed by atoms with Crippen molar-refractivity contribution in [2.45, 2.75) is 39.3 Å². The molecule has 176 valence electrons. The van der Waals surface area contributed by atoms with E-state index in [0.29, 0.717) is 41.5 Å². The van der Waals surface area contributed by atoms with Crippen molar-refractivity contribution in [1.29, 1.82) is 0 Å². The van der Waals surface area contributed by atoms with Gasteiger partial charge in [-0.3, -0.25) is 9.59 Å². The first-order valence-corrected chi connectivity index (χ1v) is 11.2. The van der Waals surface area contributed by atoms with Crippen LogP contribution in [0.15, 0.2) is 48.0 Å². The van der Waals surface area contributed by atoms with Gasteiger partial charge in [0.05, 0.1) is 29.3 Å². The third-order valence-electron chi connectivity index (χ3n) is 5.25. The molecule has 1 aliphatic rings. The summed E-state index contributed by atoms with van der Waals surface area (Å²) < 4.78 is 11.1. The van der Waals surface area contributed by atoms with Gasteiger partial charge < -0.3 is 24.6 Å². The second kappa shape index (κ2) is 10.7. The van der Waals surface area contributed by atoms with Crippen molar-refractivity contribution < 1.29 is 29.3 Å². The summed E-state index contributed by atoms with van der Waals surface area (Å²) in [5.41, 5.74) is 0.880. The highest BCUT2D eigenvalue weighted by atomic mass is 35.5. The SMILES string of the molecule is CCOc1cc(/C(O)=C2/C(=O)C(=O)N(CCCOC(C)C)C2c2ccc(O)cc2)ccc1Cl. The topological polar surface area (TPSA) is 96.3 Å². The number of Topliss-reactive ketones (excluding diaryl/α,β-unsaturated/α-hetero) is 1. The number of phenols is 1. The quantitative estimate of drug-likeness (QED) is 0.237.